The quantitative estimate of drug-likeness (QED) is 0.895. The largest absolute Gasteiger partial charge is 0.442 e. The number of carbonyl (C=O) groups excluding carboxylic acids is 1. The minimum Gasteiger partial charge on any atom is -0.442 e. The summed E-state index contributed by atoms with van der Waals surface area (Å²) in [5, 5.41) is 2.76. The molecule has 0 aliphatic heterocycles. The van der Waals surface area contributed by atoms with Crippen LogP contribution in [0.4, 0.5) is 4.79 Å². The van der Waals surface area contributed by atoms with Crippen LogP contribution in [0, 0.1) is 0 Å². The Kier molecular flexibility index (Phi) is 4.57. The smallest absolute Gasteiger partial charge is 0.408 e. The normalized spacial score (nSPS) is 13.0. The molecule has 0 aliphatic carbocycles. The number of hydrogen-bond donors (Lipinski definition) is 1. The van der Waals surface area contributed by atoms with E-state index in [1.54, 1.807) is 0 Å². The molecule has 1 rings (SSSR count). The maximum atomic E-state index is 11.6. The Labute approximate surface area is 111 Å². The zero-order valence-electron chi connectivity index (χ0n) is 10.6. The van der Waals surface area contributed by atoms with Crippen molar-refractivity contribution in [1.29, 1.82) is 0 Å². The summed E-state index contributed by atoms with van der Waals surface area (Å²) in [6.45, 7) is 7.59. The van der Waals surface area contributed by atoms with Crippen molar-refractivity contribution >= 4 is 22.0 Å². The molecule has 0 fully saturated rings. The Hall–Kier alpha value is -1.03. The summed E-state index contributed by atoms with van der Waals surface area (Å²) in [4.78, 5) is 11.6. The Morgan fingerprint density at radius 3 is 2.47 bits per heavy atom. The molecule has 0 spiro atoms. The molecule has 0 aliphatic rings. The molecule has 94 valence electrons. The van der Waals surface area contributed by atoms with Crippen LogP contribution in [-0.4, -0.2) is 11.6 Å². The molecule has 1 unspecified atom stereocenters. The summed E-state index contributed by atoms with van der Waals surface area (Å²) >= 11 is 3.44. The summed E-state index contributed by atoms with van der Waals surface area (Å²) in [5.74, 6) is 0. The molecular formula is C13H18BrNO2. The van der Waals surface area contributed by atoms with Gasteiger partial charge >= 0.3 is 6.09 Å². The summed E-state index contributed by atoms with van der Waals surface area (Å²) < 4.78 is 6.25. The van der Waals surface area contributed by atoms with Crippen LogP contribution in [0.2, 0.25) is 0 Å². The van der Waals surface area contributed by atoms with E-state index in [0.717, 1.165) is 10.0 Å². The molecule has 0 saturated heterocycles. The van der Waals surface area contributed by atoms with Crippen LogP contribution in [0.5, 0.6) is 0 Å². The molecule has 1 atom stereocenters. The zero-order valence-corrected chi connectivity index (χ0v) is 12.2. The highest BCUT2D eigenvalue weighted by Gasteiger charge is 2.18. The molecule has 1 amide bonds. The van der Waals surface area contributed by atoms with E-state index in [0.29, 0.717) is 0 Å². The van der Waals surface area contributed by atoms with Crippen LogP contribution in [0.25, 0.3) is 0 Å². The average molecular weight is 300 g/mol. The average Bonchev–Trinajstić information content (AvgIpc) is 2.14. The molecule has 0 heterocycles. The number of alkyl carbamates (subject to hydrolysis) is 1. The van der Waals surface area contributed by atoms with E-state index in [9.17, 15) is 4.79 Å². The molecule has 0 saturated carbocycles. The van der Waals surface area contributed by atoms with E-state index in [1.165, 1.54) is 0 Å². The number of rotatable bonds is 2. The standard InChI is InChI=1S/C13H18BrNO2/c1-9(10-7-5-6-8-11(10)14)17-12(16)15-13(2,3)4/h5-9H,1-4H3,(H,15,16). The first-order valence-electron chi connectivity index (χ1n) is 5.53. The first-order chi connectivity index (χ1) is 7.79. The molecule has 1 N–H and O–H groups in total. The number of amides is 1. The predicted molar refractivity (Wildman–Crippen MR) is 71.9 cm³/mol. The maximum absolute atomic E-state index is 11.6. The van der Waals surface area contributed by atoms with Gasteiger partial charge in [-0.05, 0) is 33.8 Å². The van der Waals surface area contributed by atoms with Crippen molar-refractivity contribution in [3.8, 4) is 0 Å². The van der Waals surface area contributed by atoms with Gasteiger partial charge in [0.15, 0.2) is 0 Å². The van der Waals surface area contributed by atoms with Crippen molar-refractivity contribution in [1.82, 2.24) is 5.32 Å². The van der Waals surface area contributed by atoms with Crippen molar-refractivity contribution in [2.45, 2.75) is 39.3 Å². The van der Waals surface area contributed by atoms with Crippen LogP contribution in [0.15, 0.2) is 28.7 Å². The van der Waals surface area contributed by atoms with Gasteiger partial charge in [0, 0.05) is 15.6 Å². The molecule has 0 bridgehead atoms. The Balaban J connectivity index is 2.64. The molecule has 3 nitrogen and oxygen atoms in total. The molecule has 0 radical (unpaired) electrons. The highest BCUT2D eigenvalue weighted by Crippen LogP contribution is 2.25. The van der Waals surface area contributed by atoms with Gasteiger partial charge in [-0.25, -0.2) is 4.79 Å². The molecular weight excluding hydrogens is 282 g/mol. The van der Waals surface area contributed by atoms with Gasteiger partial charge in [0.05, 0.1) is 0 Å². The third kappa shape index (κ3) is 4.77. The Morgan fingerprint density at radius 2 is 1.94 bits per heavy atom. The van der Waals surface area contributed by atoms with Gasteiger partial charge in [-0.2, -0.15) is 0 Å². The van der Waals surface area contributed by atoms with Crippen LogP contribution in [0.3, 0.4) is 0 Å². The summed E-state index contributed by atoms with van der Waals surface area (Å²) in [5.41, 5.74) is 0.668. The van der Waals surface area contributed by atoms with E-state index in [2.05, 4.69) is 21.2 Å². The molecule has 0 aromatic heterocycles. The Morgan fingerprint density at radius 1 is 1.35 bits per heavy atom. The number of halogens is 1. The van der Waals surface area contributed by atoms with Gasteiger partial charge in [-0.15, -0.1) is 0 Å². The maximum Gasteiger partial charge on any atom is 0.408 e. The van der Waals surface area contributed by atoms with E-state index in [1.807, 2.05) is 52.0 Å². The second-order valence-corrected chi connectivity index (χ2v) is 5.80. The van der Waals surface area contributed by atoms with Gasteiger partial charge in [0.2, 0.25) is 0 Å². The Bertz CT molecular complexity index is 399. The van der Waals surface area contributed by atoms with Gasteiger partial charge < -0.3 is 10.1 Å². The summed E-state index contributed by atoms with van der Waals surface area (Å²) in [7, 11) is 0. The minimum atomic E-state index is -0.402. The van der Waals surface area contributed by atoms with Crippen molar-refractivity contribution in [3.63, 3.8) is 0 Å². The third-order valence-electron chi connectivity index (χ3n) is 2.10. The molecule has 1 aromatic rings. The van der Waals surface area contributed by atoms with Gasteiger partial charge in [-0.1, -0.05) is 34.1 Å². The van der Waals surface area contributed by atoms with Crippen LogP contribution in [-0.2, 0) is 4.74 Å². The number of carbonyl (C=O) groups is 1. The third-order valence-corrected chi connectivity index (χ3v) is 2.83. The topological polar surface area (TPSA) is 38.3 Å². The van der Waals surface area contributed by atoms with Gasteiger partial charge in [-0.3, -0.25) is 0 Å². The summed E-state index contributed by atoms with van der Waals surface area (Å²) in [6.07, 6.45) is -0.686. The van der Waals surface area contributed by atoms with Crippen molar-refractivity contribution in [3.05, 3.63) is 34.3 Å². The lowest BCUT2D eigenvalue weighted by Crippen LogP contribution is -2.41. The van der Waals surface area contributed by atoms with Crippen molar-refractivity contribution in [2.75, 3.05) is 0 Å². The monoisotopic (exact) mass is 299 g/mol. The summed E-state index contributed by atoms with van der Waals surface area (Å²) in [6, 6.07) is 7.70. The number of benzene rings is 1. The lowest BCUT2D eigenvalue weighted by atomic mass is 10.1. The van der Waals surface area contributed by atoms with E-state index in [-0.39, 0.29) is 11.6 Å². The number of hydrogen-bond acceptors (Lipinski definition) is 2. The fourth-order valence-electron chi connectivity index (χ4n) is 1.36. The van der Waals surface area contributed by atoms with Crippen molar-refractivity contribution < 1.29 is 9.53 Å². The zero-order chi connectivity index (χ0) is 13.1. The predicted octanol–water partition coefficient (Wildman–Crippen LogP) is 4.03. The number of ether oxygens (including phenoxy) is 1. The second kappa shape index (κ2) is 5.54. The van der Waals surface area contributed by atoms with Crippen LogP contribution < -0.4 is 5.32 Å². The second-order valence-electron chi connectivity index (χ2n) is 4.94. The highest BCUT2D eigenvalue weighted by atomic mass is 79.9. The lowest BCUT2D eigenvalue weighted by Gasteiger charge is -2.22. The van der Waals surface area contributed by atoms with E-state index < -0.39 is 6.09 Å². The number of nitrogens with one attached hydrogen (secondary N) is 1. The fraction of sp³-hybridized carbons (Fsp3) is 0.462. The van der Waals surface area contributed by atoms with Gasteiger partial charge in [0.1, 0.15) is 6.10 Å². The molecule has 1 aromatic carbocycles. The van der Waals surface area contributed by atoms with Crippen molar-refractivity contribution in [2.24, 2.45) is 0 Å². The van der Waals surface area contributed by atoms with Gasteiger partial charge in [0.25, 0.3) is 0 Å². The van der Waals surface area contributed by atoms with E-state index in [4.69, 9.17) is 4.74 Å². The van der Waals surface area contributed by atoms with E-state index >= 15 is 0 Å². The molecule has 17 heavy (non-hydrogen) atoms. The van der Waals surface area contributed by atoms with Crippen LogP contribution in [0.1, 0.15) is 39.4 Å². The highest BCUT2D eigenvalue weighted by molar-refractivity contribution is 9.10. The lowest BCUT2D eigenvalue weighted by molar-refractivity contribution is 0.0997. The first-order valence-corrected chi connectivity index (χ1v) is 6.32. The molecule has 4 heteroatoms. The van der Waals surface area contributed by atoms with Crippen LogP contribution >= 0.6 is 15.9 Å². The SMILES string of the molecule is CC(OC(=O)NC(C)(C)C)c1ccccc1Br. The first kappa shape index (κ1) is 14.0. The fourth-order valence-corrected chi connectivity index (χ4v) is 1.97. The minimum absolute atomic E-state index is 0.284.